The molecule has 0 spiro atoms. The lowest BCUT2D eigenvalue weighted by molar-refractivity contribution is -0.870. The number of amides is 1. The van der Waals surface area contributed by atoms with Crippen molar-refractivity contribution in [3.8, 4) is 0 Å². The van der Waals surface area contributed by atoms with E-state index in [9.17, 15) is 19.4 Å². The molecule has 1 amide bonds. The number of phosphoric ester groups is 1. The number of hydrogen-bond donors (Lipinski definition) is 3. The van der Waals surface area contributed by atoms with Crippen LogP contribution >= 0.6 is 7.82 Å². The monoisotopic (exact) mass is 563 g/mol. The summed E-state index contributed by atoms with van der Waals surface area (Å²) in [7, 11) is 1.56. The molecule has 0 aromatic rings. The van der Waals surface area contributed by atoms with Crippen LogP contribution in [0.15, 0.2) is 12.2 Å². The van der Waals surface area contributed by atoms with Gasteiger partial charge in [-0.2, -0.15) is 0 Å². The van der Waals surface area contributed by atoms with E-state index in [4.69, 9.17) is 9.05 Å². The number of phosphoric acid groups is 1. The molecule has 0 heterocycles. The highest BCUT2D eigenvalue weighted by molar-refractivity contribution is 7.47. The van der Waals surface area contributed by atoms with Gasteiger partial charge in [0.05, 0.1) is 39.9 Å². The summed E-state index contributed by atoms with van der Waals surface area (Å²) in [4.78, 5) is 22.4. The van der Waals surface area contributed by atoms with Crippen molar-refractivity contribution in [3.05, 3.63) is 12.2 Å². The molecule has 226 valence electrons. The Labute approximate surface area is 233 Å². The molecular formula is C29H60N2O6P+. The quantitative estimate of drug-likeness (QED) is 0.0480. The molecule has 0 aliphatic heterocycles. The third-order valence-corrected chi connectivity index (χ3v) is 7.49. The summed E-state index contributed by atoms with van der Waals surface area (Å²) in [5.41, 5.74) is 0. The van der Waals surface area contributed by atoms with E-state index in [-0.39, 0.29) is 19.1 Å². The summed E-state index contributed by atoms with van der Waals surface area (Å²) in [5, 5.41) is 13.5. The fourth-order valence-electron chi connectivity index (χ4n) is 3.98. The van der Waals surface area contributed by atoms with Crippen molar-refractivity contribution in [1.82, 2.24) is 5.32 Å². The first-order valence-electron chi connectivity index (χ1n) is 15.1. The van der Waals surface area contributed by atoms with Crippen molar-refractivity contribution in [2.45, 2.75) is 129 Å². The van der Waals surface area contributed by atoms with Gasteiger partial charge in [-0.15, -0.1) is 0 Å². The topological polar surface area (TPSA) is 105 Å². The van der Waals surface area contributed by atoms with E-state index in [1.54, 1.807) is 6.08 Å². The van der Waals surface area contributed by atoms with Crippen LogP contribution in [0.1, 0.15) is 117 Å². The van der Waals surface area contributed by atoms with Crippen LogP contribution in [0, 0.1) is 0 Å². The number of rotatable bonds is 26. The van der Waals surface area contributed by atoms with Gasteiger partial charge in [0.2, 0.25) is 5.91 Å². The van der Waals surface area contributed by atoms with Gasteiger partial charge in [0.1, 0.15) is 13.2 Å². The number of aliphatic hydroxyl groups is 1. The molecule has 0 aromatic carbocycles. The van der Waals surface area contributed by atoms with E-state index in [1.165, 1.54) is 57.8 Å². The molecule has 38 heavy (non-hydrogen) atoms. The first-order valence-corrected chi connectivity index (χ1v) is 16.6. The Morgan fingerprint density at radius 3 is 1.95 bits per heavy atom. The lowest BCUT2D eigenvalue weighted by Crippen LogP contribution is -2.45. The molecule has 0 aliphatic rings. The Bertz CT molecular complexity index is 653. The van der Waals surface area contributed by atoms with E-state index in [2.05, 4.69) is 19.2 Å². The highest BCUT2D eigenvalue weighted by Crippen LogP contribution is 2.43. The third-order valence-electron chi connectivity index (χ3n) is 6.51. The fraction of sp³-hybridized carbons (Fsp3) is 0.897. The van der Waals surface area contributed by atoms with Gasteiger partial charge < -0.3 is 19.8 Å². The van der Waals surface area contributed by atoms with Gasteiger partial charge in [-0.25, -0.2) is 4.57 Å². The number of allylic oxidation sites excluding steroid dienone is 1. The van der Waals surface area contributed by atoms with Crippen molar-refractivity contribution < 1.29 is 32.9 Å². The van der Waals surface area contributed by atoms with Crippen molar-refractivity contribution in [1.29, 1.82) is 0 Å². The number of nitrogens with one attached hydrogen (secondary N) is 1. The molecule has 0 bridgehead atoms. The molecule has 3 atom stereocenters. The number of quaternary nitrogens is 1. The minimum Gasteiger partial charge on any atom is -0.387 e. The summed E-state index contributed by atoms with van der Waals surface area (Å²) >= 11 is 0. The van der Waals surface area contributed by atoms with Crippen molar-refractivity contribution in [2.24, 2.45) is 0 Å². The van der Waals surface area contributed by atoms with Crippen molar-refractivity contribution in [3.63, 3.8) is 0 Å². The summed E-state index contributed by atoms with van der Waals surface area (Å²) in [6.45, 7) is 4.59. The van der Waals surface area contributed by atoms with Crippen LogP contribution < -0.4 is 5.32 Å². The van der Waals surface area contributed by atoms with E-state index < -0.39 is 20.0 Å². The second-order valence-corrected chi connectivity index (χ2v) is 12.9. The van der Waals surface area contributed by atoms with Gasteiger partial charge in [0.25, 0.3) is 0 Å². The number of aliphatic hydroxyl groups excluding tert-OH is 1. The van der Waals surface area contributed by atoms with Crippen LogP contribution in [0.3, 0.4) is 0 Å². The zero-order valence-electron chi connectivity index (χ0n) is 25.2. The van der Waals surface area contributed by atoms with Crippen LogP contribution in [0.4, 0.5) is 0 Å². The molecule has 3 N–H and O–H groups in total. The predicted molar refractivity (Wildman–Crippen MR) is 157 cm³/mol. The molecule has 9 heteroatoms. The number of hydrogen-bond acceptors (Lipinski definition) is 5. The molecule has 0 rings (SSSR count). The van der Waals surface area contributed by atoms with E-state index >= 15 is 0 Å². The number of nitrogens with zero attached hydrogens (tertiary/aromatic N) is 1. The van der Waals surface area contributed by atoms with Crippen LogP contribution in [-0.4, -0.2) is 73.4 Å². The highest BCUT2D eigenvalue weighted by atomic mass is 31.2. The molecule has 0 saturated carbocycles. The number of likely N-dealkylation sites (N-methyl/N-ethyl adjacent to an activating group) is 1. The maximum absolute atomic E-state index is 12.4. The lowest BCUT2D eigenvalue weighted by Gasteiger charge is -2.25. The first kappa shape index (κ1) is 37.2. The van der Waals surface area contributed by atoms with Gasteiger partial charge in [-0.05, 0) is 19.3 Å². The Morgan fingerprint density at radius 1 is 0.868 bits per heavy atom. The van der Waals surface area contributed by atoms with Crippen LogP contribution in [0.25, 0.3) is 0 Å². The third kappa shape index (κ3) is 24.3. The van der Waals surface area contributed by atoms with Gasteiger partial charge in [0, 0.05) is 6.42 Å². The molecule has 0 fully saturated rings. The van der Waals surface area contributed by atoms with E-state index in [0.29, 0.717) is 17.4 Å². The first-order chi connectivity index (χ1) is 18.0. The SMILES string of the molecule is CCCCCCCCCCCCCC=C[C@@H](O)[C@H](COP(=O)(O)OCC[N+](C)(C)C)NC(=O)CCCCC. The van der Waals surface area contributed by atoms with Gasteiger partial charge >= 0.3 is 7.82 Å². The maximum atomic E-state index is 12.4. The second-order valence-electron chi connectivity index (χ2n) is 11.5. The summed E-state index contributed by atoms with van der Waals surface area (Å²) in [6, 6.07) is -0.833. The summed E-state index contributed by atoms with van der Waals surface area (Å²) in [6.07, 6.45) is 20.6. The molecule has 0 aromatic heterocycles. The average Bonchev–Trinajstić information content (AvgIpc) is 2.83. The lowest BCUT2D eigenvalue weighted by atomic mass is 10.0. The van der Waals surface area contributed by atoms with Gasteiger partial charge in [0.15, 0.2) is 0 Å². The molecule has 0 aliphatic carbocycles. The normalized spacial score (nSPS) is 15.4. The fourth-order valence-corrected chi connectivity index (χ4v) is 4.71. The van der Waals surface area contributed by atoms with Crippen LogP contribution in [-0.2, 0) is 18.4 Å². The Kier molecular flexibility index (Phi) is 22.5. The molecule has 0 saturated heterocycles. The number of unbranched alkanes of at least 4 members (excludes halogenated alkanes) is 13. The molecular weight excluding hydrogens is 503 g/mol. The number of carbonyl (C=O) groups is 1. The standard InChI is InChI=1S/C29H59N2O6P/c1-6-8-10-11-12-13-14-15-16-17-18-19-21-22-28(32)27(30-29(33)23-20-9-7-2)26-37-38(34,35)36-25-24-31(3,4)5/h21-22,27-28,32H,6-20,23-26H2,1-5H3,(H-,30,33,34,35)/p+1/t27-,28+/m0/s1. The highest BCUT2D eigenvalue weighted by Gasteiger charge is 2.27. The zero-order chi connectivity index (χ0) is 28.7. The second kappa shape index (κ2) is 23.0. The van der Waals surface area contributed by atoms with Crippen LogP contribution in [0.2, 0.25) is 0 Å². The number of carbonyl (C=O) groups excluding carboxylic acids is 1. The average molecular weight is 564 g/mol. The maximum Gasteiger partial charge on any atom is 0.472 e. The van der Waals surface area contributed by atoms with E-state index in [1.807, 2.05) is 27.2 Å². The Hall–Kier alpha value is -0.760. The molecule has 8 nitrogen and oxygen atoms in total. The largest absolute Gasteiger partial charge is 0.472 e. The minimum absolute atomic E-state index is 0.0622. The Morgan fingerprint density at radius 2 is 1.39 bits per heavy atom. The summed E-state index contributed by atoms with van der Waals surface area (Å²) < 4.78 is 23.1. The van der Waals surface area contributed by atoms with Crippen molar-refractivity contribution >= 4 is 13.7 Å². The Balaban J connectivity index is 4.49. The smallest absolute Gasteiger partial charge is 0.387 e. The van der Waals surface area contributed by atoms with E-state index in [0.717, 1.165) is 38.5 Å². The van der Waals surface area contributed by atoms with Gasteiger partial charge in [-0.1, -0.05) is 103 Å². The molecule has 1 unspecified atom stereocenters. The van der Waals surface area contributed by atoms with Gasteiger partial charge in [-0.3, -0.25) is 13.8 Å². The van der Waals surface area contributed by atoms with Crippen LogP contribution in [0.5, 0.6) is 0 Å². The van der Waals surface area contributed by atoms with Crippen molar-refractivity contribution in [2.75, 3.05) is 40.9 Å². The predicted octanol–water partition coefficient (Wildman–Crippen LogP) is 6.51. The zero-order valence-corrected chi connectivity index (χ0v) is 26.1. The minimum atomic E-state index is -4.30. The molecule has 0 radical (unpaired) electrons. The summed E-state index contributed by atoms with van der Waals surface area (Å²) in [5.74, 6) is -0.205.